The number of carbonyl (C=O) groups is 1. The lowest BCUT2D eigenvalue weighted by atomic mass is 10.1. The van der Waals surface area contributed by atoms with E-state index in [1.807, 2.05) is 38.1 Å². The van der Waals surface area contributed by atoms with Gasteiger partial charge in [0.05, 0.1) is 16.6 Å². The van der Waals surface area contributed by atoms with Crippen molar-refractivity contribution in [2.24, 2.45) is 5.73 Å². The van der Waals surface area contributed by atoms with Crippen molar-refractivity contribution in [3.63, 3.8) is 0 Å². The quantitative estimate of drug-likeness (QED) is 0.611. The zero-order valence-electron chi connectivity index (χ0n) is 14.8. The highest BCUT2D eigenvalue weighted by Gasteiger charge is 2.17. The molecular weight excluding hydrogens is 354 g/mol. The average molecular weight is 380 g/mol. The summed E-state index contributed by atoms with van der Waals surface area (Å²) in [5.41, 5.74) is 7.48. The molecule has 2 aromatic rings. The molecule has 0 aliphatic rings. The molecule has 6 heteroatoms. The number of nitrogens with one attached hydrogen (secondary N) is 1. The van der Waals surface area contributed by atoms with Crippen LogP contribution in [0, 0.1) is 6.92 Å². The predicted molar refractivity (Wildman–Crippen MR) is 106 cm³/mol. The van der Waals surface area contributed by atoms with Crippen LogP contribution in [0.25, 0.3) is 10.6 Å². The molecule has 0 aliphatic carbocycles. The third kappa shape index (κ3) is 6.10. The maximum atomic E-state index is 12.1. The zero-order valence-corrected chi connectivity index (χ0v) is 16.4. The van der Waals surface area contributed by atoms with Crippen molar-refractivity contribution in [3.8, 4) is 10.6 Å². The standard InChI is InChI=1S/C19H26ClN3OS/c1-13(22-17(24)7-5-3-4-6-12-21)18-14(2)23-19(25-18)15-8-10-16(20)11-9-15/h8-11,13H,3-7,12,21H2,1-2H3,(H,22,24). The molecule has 1 amide bonds. The van der Waals surface area contributed by atoms with Crippen molar-refractivity contribution < 1.29 is 4.79 Å². The second-order valence-electron chi connectivity index (χ2n) is 6.22. The molecule has 0 saturated carbocycles. The van der Waals surface area contributed by atoms with Crippen LogP contribution in [0.5, 0.6) is 0 Å². The summed E-state index contributed by atoms with van der Waals surface area (Å²) in [7, 11) is 0. The third-order valence-electron chi connectivity index (χ3n) is 4.05. The first kappa shape index (κ1) is 19.9. The van der Waals surface area contributed by atoms with E-state index in [2.05, 4.69) is 10.3 Å². The Bertz CT molecular complexity index is 684. The molecule has 2 rings (SSSR count). The molecule has 3 N–H and O–H groups in total. The van der Waals surface area contributed by atoms with Crippen LogP contribution in [0.2, 0.25) is 5.02 Å². The number of rotatable bonds is 9. The molecule has 1 atom stereocenters. The summed E-state index contributed by atoms with van der Waals surface area (Å²) < 4.78 is 0. The van der Waals surface area contributed by atoms with E-state index in [1.54, 1.807) is 11.3 Å². The molecule has 0 saturated heterocycles. The molecule has 136 valence electrons. The molecule has 1 unspecified atom stereocenters. The number of nitrogens with two attached hydrogens (primary N) is 1. The summed E-state index contributed by atoms with van der Waals surface area (Å²) >= 11 is 7.56. The van der Waals surface area contributed by atoms with Crippen LogP contribution in [-0.4, -0.2) is 17.4 Å². The van der Waals surface area contributed by atoms with Gasteiger partial charge < -0.3 is 11.1 Å². The van der Waals surface area contributed by atoms with E-state index in [1.165, 1.54) is 0 Å². The topological polar surface area (TPSA) is 68.0 Å². The number of amides is 1. The van der Waals surface area contributed by atoms with E-state index >= 15 is 0 Å². The van der Waals surface area contributed by atoms with Crippen LogP contribution < -0.4 is 11.1 Å². The number of aromatic nitrogens is 1. The largest absolute Gasteiger partial charge is 0.349 e. The minimum Gasteiger partial charge on any atom is -0.349 e. The van der Waals surface area contributed by atoms with E-state index in [0.717, 1.165) is 53.4 Å². The van der Waals surface area contributed by atoms with Gasteiger partial charge in [-0.3, -0.25) is 4.79 Å². The lowest BCUT2D eigenvalue weighted by Gasteiger charge is -2.12. The van der Waals surface area contributed by atoms with Gasteiger partial charge in [0.15, 0.2) is 0 Å². The predicted octanol–water partition coefficient (Wildman–Crippen LogP) is 4.86. The van der Waals surface area contributed by atoms with Gasteiger partial charge in [-0.1, -0.05) is 36.6 Å². The smallest absolute Gasteiger partial charge is 0.220 e. The number of aryl methyl sites for hydroxylation is 1. The van der Waals surface area contributed by atoms with Gasteiger partial charge in [0.1, 0.15) is 5.01 Å². The van der Waals surface area contributed by atoms with Gasteiger partial charge in [-0.2, -0.15) is 0 Å². The maximum absolute atomic E-state index is 12.1. The zero-order chi connectivity index (χ0) is 18.2. The Hall–Kier alpha value is -1.43. The fraction of sp³-hybridized carbons (Fsp3) is 0.474. The molecule has 0 aliphatic heterocycles. The maximum Gasteiger partial charge on any atom is 0.220 e. The minimum absolute atomic E-state index is 0.0323. The summed E-state index contributed by atoms with van der Waals surface area (Å²) in [4.78, 5) is 17.9. The number of hydrogen-bond donors (Lipinski definition) is 2. The number of unbranched alkanes of at least 4 members (excludes halogenated alkanes) is 3. The van der Waals surface area contributed by atoms with Crippen LogP contribution in [0.15, 0.2) is 24.3 Å². The van der Waals surface area contributed by atoms with Gasteiger partial charge in [0.2, 0.25) is 5.91 Å². The van der Waals surface area contributed by atoms with E-state index in [0.29, 0.717) is 11.4 Å². The van der Waals surface area contributed by atoms with E-state index in [4.69, 9.17) is 17.3 Å². The molecule has 0 radical (unpaired) electrons. The molecule has 0 spiro atoms. The molecule has 4 nitrogen and oxygen atoms in total. The summed E-state index contributed by atoms with van der Waals surface area (Å²) in [6.07, 6.45) is 4.66. The fourth-order valence-corrected chi connectivity index (χ4v) is 3.89. The summed E-state index contributed by atoms with van der Waals surface area (Å²) in [6.45, 7) is 4.73. The summed E-state index contributed by atoms with van der Waals surface area (Å²) in [6, 6.07) is 7.63. The normalized spacial score (nSPS) is 12.2. The highest BCUT2D eigenvalue weighted by molar-refractivity contribution is 7.15. The molecule has 1 heterocycles. The van der Waals surface area contributed by atoms with Crippen molar-refractivity contribution in [2.45, 2.75) is 52.0 Å². The van der Waals surface area contributed by atoms with E-state index in [-0.39, 0.29) is 11.9 Å². The Morgan fingerprint density at radius 1 is 1.24 bits per heavy atom. The van der Waals surface area contributed by atoms with Gasteiger partial charge in [0, 0.05) is 17.0 Å². The fourth-order valence-electron chi connectivity index (χ4n) is 2.69. The molecule has 0 fully saturated rings. The second-order valence-corrected chi connectivity index (χ2v) is 7.68. The van der Waals surface area contributed by atoms with Crippen molar-refractivity contribution in [1.29, 1.82) is 0 Å². The minimum atomic E-state index is -0.0323. The van der Waals surface area contributed by atoms with Crippen LogP contribution in [0.4, 0.5) is 0 Å². The van der Waals surface area contributed by atoms with Crippen LogP contribution in [0.1, 0.15) is 55.6 Å². The van der Waals surface area contributed by atoms with Crippen LogP contribution in [0.3, 0.4) is 0 Å². The lowest BCUT2D eigenvalue weighted by molar-refractivity contribution is -0.121. The van der Waals surface area contributed by atoms with Crippen molar-refractivity contribution in [1.82, 2.24) is 10.3 Å². The number of thiazole rings is 1. The Balaban J connectivity index is 1.92. The average Bonchev–Trinajstić information content (AvgIpc) is 2.97. The van der Waals surface area contributed by atoms with Crippen molar-refractivity contribution in [3.05, 3.63) is 39.9 Å². The first-order valence-electron chi connectivity index (χ1n) is 8.74. The summed E-state index contributed by atoms with van der Waals surface area (Å²) in [5, 5.41) is 4.75. The molecule has 25 heavy (non-hydrogen) atoms. The number of hydrogen-bond acceptors (Lipinski definition) is 4. The SMILES string of the molecule is Cc1nc(-c2ccc(Cl)cc2)sc1C(C)NC(=O)CCCCCCN. The molecule has 0 bridgehead atoms. The van der Waals surface area contributed by atoms with Crippen molar-refractivity contribution >= 4 is 28.8 Å². The molecule has 1 aromatic carbocycles. The number of halogens is 1. The highest BCUT2D eigenvalue weighted by Crippen LogP contribution is 2.32. The number of nitrogens with zero attached hydrogens (tertiary/aromatic N) is 1. The van der Waals surface area contributed by atoms with E-state index in [9.17, 15) is 4.79 Å². The van der Waals surface area contributed by atoms with Crippen molar-refractivity contribution in [2.75, 3.05) is 6.54 Å². The molecular formula is C19H26ClN3OS. The Morgan fingerprint density at radius 3 is 2.60 bits per heavy atom. The third-order valence-corrected chi connectivity index (χ3v) is 5.69. The van der Waals surface area contributed by atoms with Crippen LogP contribution in [-0.2, 0) is 4.79 Å². The lowest BCUT2D eigenvalue weighted by Crippen LogP contribution is -2.26. The van der Waals surface area contributed by atoms with Gasteiger partial charge in [-0.25, -0.2) is 4.98 Å². The Kier molecular flexibility index (Phi) is 7.88. The van der Waals surface area contributed by atoms with Gasteiger partial charge in [-0.05, 0) is 45.4 Å². The number of benzene rings is 1. The van der Waals surface area contributed by atoms with Gasteiger partial charge >= 0.3 is 0 Å². The monoisotopic (exact) mass is 379 g/mol. The van der Waals surface area contributed by atoms with Gasteiger partial charge in [0.25, 0.3) is 0 Å². The number of carbonyl (C=O) groups excluding carboxylic acids is 1. The highest BCUT2D eigenvalue weighted by atomic mass is 35.5. The first-order chi connectivity index (χ1) is 12.0. The Labute approximate surface area is 158 Å². The van der Waals surface area contributed by atoms with E-state index < -0.39 is 0 Å². The first-order valence-corrected chi connectivity index (χ1v) is 9.93. The second kappa shape index (κ2) is 9.90. The molecule has 1 aromatic heterocycles. The Morgan fingerprint density at radius 2 is 1.92 bits per heavy atom. The van der Waals surface area contributed by atoms with Gasteiger partial charge in [-0.15, -0.1) is 11.3 Å². The summed E-state index contributed by atoms with van der Waals surface area (Å²) in [5.74, 6) is 0.0982. The van der Waals surface area contributed by atoms with Crippen LogP contribution >= 0.6 is 22.9 Å².